The second kappa shape index (κ2) is 8.38. The largest absolute Gasteiger partial charge is 0.433 e. The van der Waals surface area contributed by atoms with E-state index in [0.717, 1.165) is 17.9 Å². The summed E-state index contributed by atoms with van der Waals surface area (Å²) in [4.78, 5) is 0. The van der Waals surface area contributed by atoms with Gasteiger partial charge in [-0.2, -0.15) is 0 Å². The normalized spacial score (nSPS) is 23.4. The predicted molar refractivity (Wildman–Crippen MR) is 119 cm³/mol. The first-order chi connectivity index (χ1) is 11.2. The minimum Gasteiger partial charge on any atom is -0.433 e. The van der Waals surface area contributed by atoms with Gasteiger partial charge in [-0.05, 0) is 62.5 Å². The van der Waals surface area contributed by atoms with E-state index in [1.807, 2.05) is 11.4 Å². The fraction of sp³-hybridized carbons (Fsp3) is 0.800. The second-order valence-electron chi connectivity index (χ2n) is 10.2. The molecule has 0 saturated heterocycles. The molecule has 2 nitrogen and oxygen atoms in total. The minimum absolute atomic E-state index is 0.358. The van der Waals surface area contributed by atoms with E-state index in [9.17, 15) is 0 Å². The lowest BCUT2D eigenvalue weighted by atomic mass is 9.67. The van der Waals surface area contributed by atoms with E-state index in [0.29, 0.717) is 5.41 Å². The highest BCUT2D eigenvalue weighted by molar-refractivity contribution is 6.91. The monoisotopic (exact) mass is 398 g/mol. The summed E-state index contributed by atoms with van der Waals surface area (Å²) in [5.41, 5.74) is 4.45. The Morgan fingerprint density at radius 1 is 0.880 bits per heavy atom. The summed E-state index contributed by atoms with van der Waals surface area (Å²) in [5, 5.41) is 0. The van der Waals surface area contributed by atoms with Crippen LogP contribution in [0.2, 0.25) is 38.8 Å². The molecule has 0 aliphatic heterocycles. The van der Waals surface area contributed by atoms with Gasteiger partial charge in [-0.25, -0.2) is 0 Å². The lowest BCUT2D eigenvalue weighted by molar-refractivity contribution is 0.113. The SMILES string of the molecule is C=C[Si](C)(C)O[Si](C)(CC1CCCCC1C(C)(C)C)O[Si](C)(C)C=C. The third-order valence-electron chi connectivity index (χ3n) is 5.60. The molecule has 1 saturated carbocycles. The fourth-order valence-corrected chi connectivity index (χ4v) is 16.6. The zero-order valence-corrected chi connectivity index (χ0v) is 21.1. The van der Waals surface area contributed by atoms with E-state index >= 15 is 0 Å². The van der Waals surface area contributed by atoms with Crippen molar-refractivity contribution < 1.29 is 8.23 Å². The predicted octanol–water partition coefficient (Wildman–Crippen LogP) is 6.80. The van der Waals surface area contributed by atoms with Gasteiger partial charge in [-0.1, -0.05) is 51.4 Å². The number of rotatable bonds is 8. The summed E-state index contributed by atoms with van der Waals surface area (Å²) >= 11 is 0. The van der Waals surface area contributed by atoms with Gasteiger partial charge >= 0.3 is 8.56 Å². The molecular weight excluding hydrogens is 356 g/mol. The van der Waals surface area contributed by atoms with Crippen LogP contribution >= 0.6 is 0 Å². The molecule has 0 radical (unpaired) electrons. The Bertz CT molecular complexity index is 444. The molecule has 2 atom stereocenters. The van der Waals surface area contributed by atoms with Crippen molar-refractivity contribution in [1.82, 2.24) is 0 Å². The Morgan fingerprint density at radius 2 is 1.32 bits per heavy atom. The molecule has 25 heavy (non-hydrogen) atoms. The Balaban J connectivity index is 3.09. The zero-order valence-electron chi connectivity index (χ0n) is 18.1. The van der Waals surface area contributed by atoms with Crippen molar-refractivity contribution in [2.24, 2.45) is 17.3 Å². The molecule has 1 rings (SSSR count). The van der Waals surface area contributed by atoms with Crippen molar-refractivity contribution in [2.45, 2.75) is 85.2 Å². The van der Waals surface area contributed by atoms with Gasteiger partial charge in [-0.15, -0.1) is 13.2 Å². The molecule has 1 aliphatic rings. The number of hydrogen-bond donors (Lipinski definition) is 0. The van der Waals surface area contributed by atoms with E-state index in [1.54, 1.807) is 0 Å². The fourth-order valence-electron chi connectivity index (χ4n) is 4.37. The molecule has 0 aromatic heterocycles. The maximum absolute atomic E-state index is 6.80. The molecule has 1 fully saturated rings. The smallest absolute Gasteiger partial charge is 0.315 e. The molecular formula is C20H42O2Si3. The van der Waals surface area contributed by atoms with Crippen molar-refractivity contribution in [3.05, 3.63) is 24.6 Å². The highest BCUT2D eigenvalue weighted by atomic mass is 28.5. The molecule has 0 aromatic carbocycles. The number of hydrogen-bond acceptors (Lipinski definition) is 2. The topological polar surface area (TPSA) is 18.5 Å². The van der Waals surface area contributed by atoms with Crippen LogP contribution < -0.4 is 0 Å². The van der Waals surface area contributed by atoms with Crippen LogP contribution in [0.15, 0.2) is 24.6 Å². The van der Waals surface area contributed by atoms with Gasteiger partial charge in [0.15, 0.2) is 16.6 Å². The first kappa shape index (κ1) is 23.1. The van der Waals surface area contributed by atoms with Crippen molar-refractivity contribution in [3.63, 3.8) is 0 Å². The van der Waals surface area contributed by atoms with Crippen LogP contribution in [-0.4, -0.2) is 25.2 Å². The Kier molecular flexibility index (Phi) is 7.74. The Hall–Kier alpha value is 0.0506. The van der Waals surface area contributed by atoms with Gasteiger partial charge in [0.25, 0.3) is 0 Å². The van der Waals surface area contributed by atoms with Gasteiger partial charge in [-0.3, -0.25) is 0 Å². The zero-order chi connectivity index (χ0) is 19.5. The average Bonchev–Trinajstić information content (AvgIpc) is 2.45. The van der Waals surface area contributed by atoms with Crippen molar-refractivity contribution in [2.75, 3.05) is 0 Å². The molecule has 0 bridgehead atoms. The quantitative estimate of drug-likeness (QED) is 0.418. The molecule has 0 aromatic rings. The van der Waals surface area contributed by atoms with Crippen molar-refractivity contribution >= 4 is 25.2 Å². The minimum atomic E-state index is -2.29. The van der Waals surface area contributed by atoms with Gasteiger partial charge in [0.05, 0.1) is 0 Å². The van der Waals surface area contributed by atoms with Crippen molar-refractivity contribution in [1.29, 1.82) is 0 Å². The maximum Gasteiger partial charge on any atom is 0.315 e. The van der Waals surface area contributed by atoms with Crippen LogP contribution in [0, 0.1) is 17.3 Å². The van der Waals surface area contributed by atoms with Crippen LogP contribution in [0.4, 0.5) is 0 Å². The van der Waals surface area contributed by atoms with Gasteiger partial charge < -0.3 is 8.23 Å². The van der Waals surface area contributed by atoms with Gasteiger partial charge in [0, 0.05) is 0 Å². The third-order valence-corrected chi connectivity index (χ3v) is 16.5. The molecule has 0 amide bonds. The van der Waals surface area contributed by atoms with Crippen LogP contribution in [-0.2, 0) is 8.23 Å². The van der Waals surface area contributed by atoms with Crippen LogP contribution in [0.3, 0.4) is 0 Å². The molecule has 146 valence electrons. The second-order valence-corrected chi connectivity index (χ2v) is 21.7. The first-order valence-electron chi connectivity index (χ1n) is 9.91. The third kappa shape index (κ3) is 7.29. The molecule has 0 N–H and O–H groups in total. The maximum atomic E-state index is 6.80. The molecule has 5 heteroatoms. The molecule has 2 unspecified atom stereocenters. The standard InChI is InChI=1S/C20H42O2Si3/c1-11-23(6,7)21-25(10,22-24(8,9)12-2)17-18-15-13-14-16-19(18)20(3,4)5/h11-12,18-19H,1-2,13-17H2,3-10H3. The summed E-state index contributed by atoms with van der Waals surface area (Å²) in [5.74, 6) is 1.48. The summed E-state index contributed by atoms with van der Waals surface area (Å²) in [6.07, 6.45) is 5.40. The summed E-state index contributed by atoms with van der Waals surface area (Å²) in [7, 11) is -6.07. The van der Waals surface area contributed by atoms with Crippen molar-refractivity contribution in [3.8, 4) is 0 Å². The van der Waals surface area contributed by atoms with Gasteiger partial charge in [0.1, 0.15) is 0 Å². The Labute approximate surface area is 160 Å². The van der Waals surface area contributed by atoms with E-state index in [2.05, 4.69) is 66.7 Å². The molecule has 0 heterocycles. The summed E-state index contributed by atoms with van der Waals surface area (Å²) in [6.45, 7) is 26.5. The first-order valence-corrected chi connectivity index (χ1v) is 18.4. The van der Waals surface area contributed by atoms with Crippen LogP contribution in [0.5, 0.6) is 0 Å². The summed E-state index contributed by atoms with van der Waals surface area (Å²) in [6, 6.07) is 1.11. The van der Waals surface area contributed by atoms with Crippen LogP contribution in [0.1, 0.15) is 46.5 Å². The Morgan fingerprint density at radius 3 is 1.72 bits per heavy atom. The van der Waals surface area contributed by atoms with E-state index < -0.39 is 25.2 Å². The van der Waals surface area contributed by atoms with E-state index in [-0.39, 0.29) is 0 Å². The van der Waals surface area contributed by atoms with Crippen LogP contribution in [0.25, 0.3) is 0 Å². The average molecular weight is 399 g/mol. The summed E-state index contributed by atoms with van der Waals surface area (Å²) < 4.78 is 13.6. The highest BCUT2D eigenvalue weighted by Crippen LogP contribution is 2.46. The van der Waals surface area contributed by atoms with E-state index in [1.165, 1.54) is 25.7 Å². The highest BCUT2D eigenvalue weighted by Gasteiger charge is 2.46. The lowest BCUT2D eigenvalue weighted by Crippen LogP contribution is -2.55. The lowest BCUT2D eigenvalue weighted by Gasteiger charge is -2.46. The molecule has 1 aliphatic carbocycles. The van der Waals surface area contributed by atoms with E-state index in [4.69, 9.17) is 8.23 Å². The van der Waals surface area contributed by atoms with Gasteiger partial charge in [0.2, 0.25) is 0 Å². The molecule has 0 spiro atoms.